The van der Waals surface area contributed by atoms with E-state index in [0.29, 0.717) is 12.2 Å². The van der Waals surface area contributed by atoms with E-state index in [-0.39, 0.29) is 6.03 Å². The summed E-state index contributed by atoms with van der Waals surface area (Å²) in [7, 11) is 1.67. The minimum absolute atomic E-state index is 0.209. The van der Waals surface area contributed by atoms with E-state index in [0.717, 1.165) is 29.7 Å². The molecule has 0 unspecified atom stereocenters. The summed E-state index contributed by atoms with van der Waals surface area (Å²) >= 11 is 3.28. The molecule has 0 aromatic carbocycles. The Bertz CT molecular complexity index is 399. The molecule has 1 rings (SSSR count). The summed E-state index contributed by atoms with van der Waals surface area (Å²) in [5.74, 6) is 0. The van der Waals surface area contributed by atoms with Crippen LogP contribution in [-0.4, -0.2) is 31.3 Å². The number of pyridine rings is 1. The van der Waals surface area contributed by atoms with Crippen molar-refractivity contribution < 1.29 is 9.53 Å². The van der Waals surface area contributed by atoms with Gasteiger partial charge in [-0.3, -0.25) is 0 Å². The molecule has 1 aromatic heterocycles. The average molecular weight is 316 g/mol. The third-order valence-electron chi connectivity index (χ3n) is 2.36. The SMILES string of the molecule is COCCCCNC(=O)Nc1ccc(Br)nc1C. The molecule has 2 N–H and O–H groups in total. The molecular formula is C12H18BrN3O2. The molecule has 0 fully saturated rings. The first-order valence-corrected chi connectivity index (χ1v) is 6.59. The summed E-state index contributed by atoms with van der Waals surface area (Å²) < 4.78 is 5.69. The van der Waals surface area contributed by atoms with Crippen LogP contribution in [0.4, 0.5) is 10.5 Å². The number of carbonyl (C=O) groups is 1. The highest BCUT2D eigenvalue weighted by Crippen LogP contribution is 2.15. The number of ether oxygens (including phenoxy) is 1. The van der Waals surface area contributed by atoms with Gasteiger partial charge < -0.3 is 15.4 Å². The second kappa shape index (κ2) is 8.05. The van der Waals surface area contributed by atoms with E-state index < -0.39 is 0 Å². The van der Waals surface area contributed by atoms with E-state index in [1.807, 2.05) is 13.0 Å². The minimum atomic E-state index is -0.209. The molecule has 1 aromatic rings. The fourth-order valence-electron chi connectivity index (χ4n) is 1.40. The van der Waals surface area contributed by atoms with Gasteiger partial charge in [0.2, 0.25) is 0 Å². The topological polar surface area (TPSA) is 63.2 Å². The van der Waals surface area contributed by atoms with Crippen LogP contribution in [0, 0.1) is 6.92 Å². The largest absolute Gasteiger partial charge is 0.385 e. The number of urea groups is 1. The van der Waals surface area contributed by atoms with Gasteiger partial charge in [-0.25, -0.2) is 9.78 Å². The number of methoxy groups -OCH3 is 1. The lowest BCUT2D eigenvalue weighted by molar-refractivity contribution is 0.192. The van der Waals surface area contributed by atoms with Crippen molar-refractivity contribution in [2.75, 3.05) is 25.6 Å². The zero-order valence-corrected chi connectivity index (χ0v) is 12.2. The van der Waals surface area contributed by atoms with Crippen LogP contribution in [0.5, 0.6) is 0 Å². The van der Waals surface area contributed by atoms with Gasteiger partial charge in [-0.15, -0.1) is 0 Å². The second-order valence-electron chi connectivity index (χ2n) is 3.85. The lowest BCUT2D eigenvalue weighted by Gasteiger charge is -2.09. The number of aryl methyl sites for hydroxylation is 1. The van der Waals surface area contributed by atoms with Gasteiger partial charge in [0.1, 0.15) is 4.60 Å². The molecule has 0 aliphatic carbocycles. The molecule has 18 heavy (non-hydrogen) atoms. The number of nitrogens with one attached hydrogen (secondary N) is 2. The summed E-state index contributed by atoms with van der Waals surface area (Å²) in [6, 6.07) is 3.40. The summed E-state index contributed by atoms with van der Waals surface area (Å²) in [6.45, 7) is 3.20. The van der Waals surface area contributed by atoms with Crippen molar-refractivity contribution in [1.29, 1.82) is 0 Å². The van der Waals surface area contributed by atoms with Gasteiger partial charge in [-0.1, -0.05) is 0 Å². The number of nitrogens with zero attached hydrogens (tertiary/aromatic N) is 1. The fourth-order valence-corrected chi connectivity index (χ4v) is 1.80. The van der Waals surface area contributed by atoms with Crippen molar-refractivity contribution in [3.05, 3.63) is 22.4 Å². The van der Waals surface area contributed by atoms with Gasteiger partial charge in [-0.05, 0) is 47.8 Å². The first-order valence-electron chi connectivity index (χ1n) is 5.80. The molecule has 1 heterocycles. The van der Waals surface area contributed by atoms with Crippen LogP contribution in [0.3, 0.4) is 0 Å². The molecule has 0 bridgehead atoms. The Morgan fingerprint density at radius 3 is 2.89 bits per heavy atom. The Morgan fingerprint density at radius 1 is 1.44 bits per heavy atom. The van der Waals surface area contributed by atoms with Crippen molar-refractivity contribution in [3.63, 3.8) is 0 Å². The number of anilines is 1. The lowest BCUT2D eigenvalue weighted by Crippen LogP contribution is -2.30. The van der Waals surface area contributed by atoms with Crippen molar-refractivity contribution >= 4 is 27.6 Å². The Labute approximate surface area is 115 Å². The number of halogens is 1. The van der Waals surface area contributed by atoms with Crippen LogP contribution in [0.1, 0.15) is 18.5 Å². The zero-order valence-electron chi connectivity index (χ0n) is 10.6. The van der Waals surface area contributed by atoms with Crippen LogP contribution in [0.25, 0.3) is 0 Å². The molecule has 100 valence electrons. The van der Waals surface area contributed by atoms with Gasteiger partial charge in [0.25, 0.3) is 0 Å². The first kappa shape index (κ1) is 14.9. The van der Waals surface area contributed by atoms with Crippen molar-refractivity contribution in [2.24, 2.45) is 0 Å². The van der Waals surface area contributed by atoms with Crippen LogP contribution in [0.15, 0.2) is 16.7 Å². The maximum atomic E-state index is 11.6. The maximum absolute atomic E-state index is 11.6. The first-order chi connectivity index (χ1) is 8.63. The van der Waals surface area contributed by atoms with E-state index in [1.165, 1.54) is 0 Å². The second-order valence-corrected chi connectivity index (χ2v) is 4.66. The Hall–Kier alpha value is -1.14. The number of hydrogen-bond donors (Lipinski definition) is 2. The van der Waals surface area contributed by atoms with Gasteiger partial charge >= 0.3 is 6.03 Å². The highest BCUT2D eigenvalue weighted by atomic mass is 79.9. The van der Waals surface area contributed by atoms with Crippen molar-refractivity contribution in [1.82, 2.24) is 10.3 Å². The number of amides is 2. The average Bonchev–Trinajstić information content (AvgIpc) is 2.32. The predicted molar refractivity (Wildman–Crippen MR) is 74.8 cm³/mol. The standard InChI is InChI=1S/C12H18BrN3O2/c1-9-10(5-6-11(13)15-9)16-12(17)14-7-3-4-8-18-2/h5-6H,3-4,7-8H2,1-2H3,(H2,14,16,17). The molecule has 2 amide bonds. The van der Waals surface area contributed by atoms with Crippen molar-refractivity contribution in [2.45, 2.75) is 19.8 Å². The van der Waals surface area contributed by atoms with Crippen LogP contribution in [-0.2, 0) is 4.74 Å². The zero-order chi connectivity index (χ0) is 13.4. The quantitative estimate of drug-likeness (QED) is 0.626. The molecule has 0 aliphatic heterocycles. The number of rotatable bonds is 6. The number of hydrogen-bond acceptors (Lipinski definition) is 3. The van der Waals surface area contributed by atoms with Crippen molar-refractivity contribution in [3.8, 4) is 0 Å². The minimum Gasteiger partial charge on any atom is -0.385 e. The van der Waals surface area contributed by atoms with Gasteiger partial charge in [0.05, 0.1) is 11.4 Å². The van der Waals surface area contributed by atoms with E-state index in [1.54, 1.807) is 13.2 Å². The fraction of sp³-hybridized carbons (Fsp3) is 0.500. The van der Waals surface area contributed by atoms with Gasteiger partial charge in [0.15, 0.2) is 0 Å². The highest BCUT2D eigenvalue weighted by molar-refractivity contribution is 9.10. The predicted octanol–water partition coefficient (Wildman–Crippen LogP) is 2.70. The summed E-state index contributed by atoms with van der Waals surface area (Å²) in [4.78, 5) is 15.8. The van der Waals surface area contributed by atoms with Crippen LogP contribution >= 0.6 is 15.9 Å². The highest BCUT2D eigenvalue weighted by Gasteiger charge is 2.04. The Kier molecular flexibility index (Phi) is 6.67. The van der Waals surface area contributed by atoms with Crippen LogP contribution in [0.2, 0.25) is 0 Å². The third kappa shape index (κ3) is 5.46. The van der Waals surface area contributed by atoms with Gasteiger partial charge in [0, 0.05) is 20.3 Å². The molecule has 0 aliphatic rings. The molecule has 0 spiro atoms. The van der Waals surface area contributed by atoms with E-state index in [4.69, 9.17) is 4.74 Å². The number of aromatic nitrogens is 1. The monoisotopic (exact) mass is 315 g/mol. The van der Waals surface area contributed by atoms with Gasteiger partial charge in [-0.2, -0.15) is 0 Å². The molecule has 0 radical (unpaired) electrons. The number of unbranched alkanes of at least 4 members (excludes halogenated alkanes) is 1. The van der Waals surface area contributed by atoms with Crippen LogP contribution < -0.4 is 10.6 Å². The molecule has 0 atom stereocenters. The van der Waals surface area contributed by atoms with E-state index in [2.05, 4.69) is 31.5 Å². The molecule has 5 nitrogen and oxygen atoms in total. The molecule has 0 saturated carbocycles. The lowest BCUT2D eigenvalue weighted by atomic mass is 10.3. The molecule has 6 heteroatoms. The summed E-state index contributed by atoms with van der Waals surface area (Å²) in [6.07, 6.45) is 1.84. The molecule has 0 saturated heterocycles. The summed E-state index contributed by atoms with van der Waals surface area (Å²) in [5, 5.41) is 5.55. The maximum Gasteiger partial charge on any atom is 0.319 e. The van der Waals surface area contributed by atoms with E-state index in [9.17, 15) is 4.79 Å². The number of carbonyl (C=O) groups excluding carboxylic acids is 1. The summed E-state index contributed by atoms with van der Waals surface area (Å²) in [5.41, 5.74) is 1.49. The normalized spacial score (nSPS) is 10.2. The Morgan fingerprint density at radius 2 is 2.22 bits per heavy atom. The smallest absolute Gasteiger partial charge is 0.319 e. The third-order valence-corrected chi connectivity index (χ3v) is 2.80. The molecular weight excluding hydrogens is 298 g/mol. The Balaban J connectivity index is 2.31. The van der Waals surface area contributed by atoms with E-state index >= 15 is 0 Å².